The van der Waals surface area contributed by atoms with Crippen molar-refractivity contribution >= 4 is 10.0 Å². The van der Waals surface area contributed by atoms with Crippen LogP contribution in [0.15, 0.2) is 0 Å². The van der Waals surface area contributed by atoms with Gasteiger partial charge in [-0.15, -0.1) is 0 Å². The molecular weight excluding hydrogens is 195 g/mol. The number of nitrogens with zero attached hydrogens (tertiary/aromatic N) is 1. The van der Waals surface area contributed by atoms with Crippen molar-refractivity contribution in [3.63, 3.8) is 0 Å². The quantitative estimate of drug-likeness (QED) is 0.685. The van der Waals surface area contributed by atoms with Gasteiger partial charge in [0.05, 0.1) is 0 Å². The van der Waals surface area contributed by atoms with E-state index < -0.39 is 21.4 Å². The van der Waals surface area contributed by atoms with Gasteiger partial charge in [0, 0.05) is 26.7 Å². The fourth-order valence-electron chi connectivity index (χ4n) is 1.13. The normalized spacial score (nSPS) is 21.5. The SMILES string of the molecule is CCN(C)S(=O)(=O)CC1(F)CNC1. The number of sulfonamides is 1. The van der Waals surface area contributed by atoms with E-state index >= 15 is 0 Å². The number of alkyl halides is 1. The fourth-order valence-corrected chi connectivity index (χ4v) is 2.60. The third-order valence-electron chi connectivity index (χ3n) is 2.24. The Hall–Kier alpha value is -0.200. The van der Waals surface area contributed by atoms with Crippen molar-refractivity contribution in [1.29, 1.82) is 0 Å². The molecule has 0 saturated carbocycles. The van der Waals surface area contributed by atoms with Gasteiger partial charge >= 0.3 is 0 Å². The Bertz CT molecular complexity index is 274. The largest absolute Gasteiger partial charge is 0.310 e. The molecule has 13 heavy (non-hydrogen) atoms. The van der Waals surface area contributed by atoms with Crippen molar-refractivity contribution in [3.05, 3.63) is 0 Å². The Balaban J connectivity index is 2.61. The third kappa shape index (κ3) is 2.38. The molecule has 1 aliphatic rings. The van der Waals surface area contributed by atoms with E-state index in [0.29, 0.717) is 6.54 Å². The van der Waals surface area contributed by atoms with E-state index in [2.05, 4.69) is 5.32 Å². The van der Waals surface area contributed by atoms with Crippen LogP contribution in [0.2, 0.25) is 0 Å². The van der Waals surface area contributed by atoms with Crippen LogP contribution in [0.5, 0.6) is 0 Å². The van der Waals surface area contributed by atoms with E-state index in [4.69, 9.17) is 0 Å². The summed E-state index contributed by atoms with van der Waals surface area (Å²) < 4.78 is 37.5. The molecule has 78 valence electrons. The average Bonchev–Trinajstić information content (AvgIpc) is 1.99. The van der Waals surface area contributed by atoms with Gasteiger partial charge < -0.3 is 5.32 Å². The van der Waals surface area contributed by atoms with Gasteiger partial charge in [-0.2, -0.15) is 0 Å². The van der Waals surface area contributed by atoms with Gasteiger partial charge in [0.25, 0.3) is 0 Å². The van der Waals surface area contributed by atoms with Crippen LogP contribution < -0.4 is 5.32 Å². The van der Waals surface area contributed by atoms with Crippen molar-refractivity contribution in [2.24, 2.45) is 0 Å². The first-order chi connectivity index (χ1) is 5.90. The van der Waals surface area contributed by atoms with Gasteiger partial charge in [0.15, 0.2) is 5.67 Å². The molecule has 0 atom stereocenters. The first kappa shape index (κ1) is 10.9. The Kier molecular flexibility index (Phi) is 2.94. The molecule has 0 bridgehead atoms. The van der Waals surface area contributed by atoms with Crippen LogP contribution in [-0.4, -0.2) is 50.8 Å². The van der Waals surface area contributed by atoms with E-state index in [0.717, 1.165) is 0 Å². The van der Waals surface area contributed by atoms with E-state index in [1.165, 1.54) is 11.4 Å². The maximum absolute atomic E-state index is 13.4. The standard InChI is InChI=1S/C7H15FN2O2S/c1-3-10(2)13(11,12)6-7(8)4-9-5-7/h9H,3-6H2,1-2H3. The maximum Gasteiger partial charge on any atom is 0.217 e. The number of hydrogen-bond acceptors (Lipinski definition) is 3. The molecule has 0 aromatic heterocycles. The smallest absolute Gasteiger partial charge is 0.217 e. The van der Waals surface area contributed by atoms with Crippen molar-refractivity contribution in [2.75, 3.05) is 32.4 Å². The molecule has 1 fully saturated rings. The number of nitrogens with one attached hydrogen (secondary N) is 1. The molecule has 1 heterocycles. The van der Waals surface area contributed by atoms with Crippen molar-refractivity contribution in [1.82, 2.24) is 9.62 Å². The van der Waals surface area contributed by atoms with Gasteiger partial charge in [-0.05, 0) is 0 Å². The Morgan fingerprint density at radius 2 is 2.08 bits per heavy atom. The van der Waals surface area contributed by atoms with Crippen LogP contribution in [0.25, 0.3) is 0 Å². The van der Waals surface area contributed by atoms with Crippen LogP contribution in [0.3, 0.4) is 0 Å². The molecule has 6 heteroatoms. The van der Waals surface area contributed by atoms with Crippen LogP contribution in [0.1, 0.15) is 6.92 Å². The first-order valence-corrected chi connectivity index (χ1v) is 5.84. The summed E-state index contributed by atoms with van der Waals surface area (Å²) in [6.45, 7) is 2.39. The zero-order chi connectivity index (χ0) is 10.1. The molecule has 1 aliphatic heterocycles. The Morgan fingerprint density at radius 3 is 2.38 bits per heavy atom. The molecule has 0 aromatic rings. The molecule has 1 rings (SSSR count). The molecule has 0 aromatic carbocycles. The highest BCUT2D eigenvalue weighted by Crippen LogP contribution is 2.20. The molecule has 0 spiro atoms. The monoisotopic (exact) mass is 210 g/mol. The fraction of sp³-hybridized carbons (Fsp3) is 1.00. The predicted molar refractivity (Wildman–Crippen MR) is 48.8 cm³/mol. The van der Waals surface area contributed by atoms with E-state index in [1.807, 2.05) is 0 Å². The summed E-state index contributed by atoms with van der Waals surface area (Å²) >= 11 is 0. The number of hydrogen-bond donors (Lipinski definition) is 1. The van der Waals surface area contributed by atoms with Gasteiger partial charge in [0.2, 0.25) is 10.0 Å². The Labute approximate surface area is 78.2 Å². The highest BCUT2D eigenvalue weighted by Gasteiger charge is 2.42. The Morgan fingerprint density at radius 1 is 1.54 bits per heavy atom. The zero-order valence-electron chi connectivity index (χ0n) is 7.88. The zero-order valence-corrected chi connectivity index (χ0v) is 8.69. The second-order valence-corrected chi connectivity index (χ2v) is 5.50. The molecular formula is C7H15FN2O2S. The summed E-state index contributed by atoms with van der Waals surface area (Å²) in [7, 11) is -1.95. The molecule has 0 unspecified atom stereocenters. The van der Waals surface area contributed by atoms with E-state index in [9.17, 15) is 12.8 Å². The lowest BCUT2D eigenvalue weighted by Crippen LogP contribution is -2.60. The van der Waals surface area contributed by atoms with Crippen molar-refractivity contribution in [2.45, 2.75) is 12.6 Å². The van der Waals surface area contributed by atoms with Gasteiger partial charge in [-0.3, -0.25) is 0 Å². The number of rotatable bonds is 4. The minimum atomic E-state index is -3.41. The molecule has 4 nitrogen and oxygen atoms in total. The van der Waals surface area contributed by atoms with Crippen LogP contribution >= 0.6 is 0 Å². The summed E-state index contributed by atoms with van der Waals surface area (Å²) in [6, 6.07) is 0. The van der Waals surface area contributed by atoms with Crippen LogP contribution in [0.4, 0.5) is 4.39 Å². The predicted octanol–water partition coefficient (Wildman–Crippen LogP) is -0.421. The first-order valence-electron chi connectivity index (χ1n) is 4.23. The van der Waals surface area contributed by atoms with Gasteiger partial charge in [0.1, 0.15) is 5.75 Å². The second-order valence-electron chi connectivity index (χ2n) is 3.42. The highest BCUT2D eigenvalue weighted by atomic mass is 32.2. The minimum Gasteiger partial charge on any atom is -0.310 e. The highest BCUT2D eigenvalue weighted by molar-refractivity contribution is 7.89. The molecule has 0 amide bonds. The van der Waals surface area contributed by atoms with E-state index in [-0.39, 0.29) is 13.1 Å². The molecule has 1 saturated heterocycles. The lowest BCUT2D eigenvalue weighted by atomic mass is 10.0. The van der Waals surface area contributed by atoms with Gasteiger partial charge in [-0.25, -0.2) is 17.1 Å². The number of halogens is 1. The van der Waals surface area contributed by atoms with E-state index in [1.54, 1.807) is 6.92 Å². The third-order valence-corrected chi connectivity index (χ3v) is 4.33. The second kappa shape index (κ2) is 3.51. The van der Waals surface area contributed by atoms with Crippen LogP contribution in [0, 0.1) is 0 Å². The topological polar surface area (TPSA) is 49.4 Å². The average molecular weight is 210 g/mol. The molecule has 0 radical (unpaired) electrons. The summed E-state index contributed by atoms with van der Waals surface area (Å²) in [5.74, 6) is -0.405. The van der Waals surface area contributed by atoms with Crippen molar-refractivity contribution < 1.29 is 12.8 Å². The summed E-state index contributed by atoms with van der Waals surface area (Å²) in [6.07, 6.45) is 0. The summed E-state index contributed by atoms with van der Waals surface area (Å²) in [5, 5.41) is 2.72. The van der Waals surface area contributed by atoms with Gasteiger partial charge in [-0.1, -0.05) is 6.92 Å². The molecule has 0 aliphatic carbocycles. The summed E-state index contributed by atoms with van der Waals surface area (Å²) in [4.78, 5) is 0. The minimum absolute atomic E-state index is 0.143. The lowest BCUT2D eigenvalue weighted by molar-refractivity contribution is 0.115. The van der Waals surface area contributed by atoms with Crippen molar-refractivity contribution in [3.8, 4) is 0 Å². The maximum atomic E-state index is 13.4. The lowest BCUT2D eigenvalue weighted by Gasteiger charge is -2.35. The van der Waals surface area contributed by atoms with Crippen LogP contribution in [-0.2, 0) is 10.0 Å². The molecule has 1 N–H and O–H groups in total. The summed E-state index contributed by atoms with van der Waals surface area (Å²) in [5.41, 5.74) is -1.55.